The van der Waals surface area contributed by atoms with Crippen LogP contribution >= 0.6 is 23.2 Å². The Hall–Kier alpha value is -2.85. The molecule has 1 saturated heterocycles. The molecule has 2 unspecified atom stereocenters. The molecule has 11 heteroatoms. The fraction of sp³-hybridized carbons (Fsp3) is 0.250. The summed E-state index contributed by atoms with van der Waals surface area (Å²) in [4.78, 5) is 12.5. The molecule has 3 aromatic rings. The molecular formula is C20H19Cl2N3O6. The van der Waals surface area contributed by atoms with E-state index >= 15 is 0 Å². The number of carboxylic acid groups (broad SMARTS) is 2. The van der Waals surface area contributed by atoms with Crippen LogP contribution in [0.25, 0.3) is 0 Å². The van der Waals surface area contributed by atoms with Crippen molar-refractivity contribution in [1.82, 2.24) is 14.8 Å². The van der Waals surface area contributed by atoms with Crippen LogP contribution < -0.4 is 4.74 Å². The molecule has 1 aromatic heterocycles. The summed E-state index contributed by atoms with van der Waals surface area (Å²) in [5.74, 6) is 0.249. The predicted molar refractivity (Wildman–Crippen MR) is 112 cm³/mol. The minimum atomic E-state index is -1.83. The Bertz CT molecular complexity index is 1010. The molecule has 0 bridgehead atoms. The lowest BCUT2D eigenvalue weighted by Gasteiger charge is -2.29. The summed E-state index contributed by atoms with van der Waals surface area (Å²) < 4.78 is 19.6. The van der Waals surface area contributed by atoms with E-state index in [4.69, 9.17) is 52.4 Å². The Morgan fingerprint density at radius 2 is 1.90 bits per heavy atom. The van der Waals surface area contributed by atoms with Gasteiger partial charge in [0.15, 0.2) is 0 Å². The molecular weight excluding hydrogens is 449 g/mol. The number of rotatable bonds is 5. The van der Waals surface area contributed by atoms with E-state index in [1.807, 2.05) is 19.1 Å². The summed E-state index contributed by atoms with van der Waals surface area (Å²) in [5, 5.41) is 19.2. The monoisotopic (exact) mass is 467 g/mol. The maximum Gasteiger partial charge on any atom is 0.503 e. The quantitative estimate of drug-likeness (QED) is 0.544. The van der Waals surface area contributed by atoms with Crippen molar-refractivity contribution >= 4 is 29.4 Å². The van der Waals surface area contributed by atoms with E-state index in [0.717, 1.165) is 0 Å². The maximum absolute atomic E-state index is 8.56. The van der Waals surface area contributed by atoms with Gasteiger partial charge in [0, 0.05) is 10.6 Å². The van der Waals surface area contributed by atoms with Gasteiger partial charge in [-0.15, -0.1) is 0 Å². The highest BCUT2D eigenvalue weighted by Crippen LogP contribution is 2.41. The fourth-order valence-electron chi connectivity index (χ4n) is 2.99. The molecule has 9 nitrogen and oxygen atoms in total. The van der Waals surface area contributed by atoms with Crippen molar-refractivity contribution in [2.24, 2.45) is 0 Å². The number of nitrogens with zero attached hydrogens (tertiary/aromatic N) is 3. The van der Waals surface area contributed by atoms with E-state index in [1.165, 1.54) is 6.33 Å². The molecule has 164 valence electrons. The van der Waals surface area contributed by atoms with Crippen LogP contribution in [0, 0.1) is 0 Å². The lowest BCUT2D eigenvalue weighted by atomic mass is 10.1. The number of ether oxygens (including phenoxy) is 3. The normalized spacial score (nSPS) is 20.0. The highest BCUT2D eigenvalue weighted by Gasteiger charge is 2.44. The van der Waals surface area contributed by atoms with Gasteiger partial charge in [-0.05, 0) is 49.4 Å². The predicted octanol–water partition coefficient (Wildman–Crippen LogP) is 4.89. The average Bonchev–Trinajstić information content (AvgIpc) is 3.34. The number of carbonyl (C=O) groups is 1. The van der Waals surface area contributed by atoms with Gasteiger partial charge in [0.05, 0.1) is 17.7 Å². The standard InChI is InChI=1S/C19H17Cl2N3O3.CH2O3/c1-13-9-25-19(27-13,10-24-12-22-11-23-24)17-7-6-16(8-18(17)21)26-15-4-2-14(20)3-5-15;2-1(3)4/h2-8,11-13H,9-10H2,1H3;(H2,2,3,4). The molecule has 0 radical (unpaired) electrons. The van der Waals surface area contributed by atoms with Gasteiger partial charge in [-0.2, -0.15) is 5.10 Å². The van der Waals surface area contributed by atoms with E-state index < -0.39 is 11.9 Å². The van der Waals surface area contributed by atoms with Gasteiger partial charge in [-0.1, -0.05) is 23.2 Å². The first-order valence-electron chi connectivity index (χ1n) is 9.07. The first-order chi connectivity index (χ1) is 14.8. The van der Waals surface area contributed by atoms with Crippen LogP contribution in [-0.2, 0) is 21.8 Å². The smallest absolute Gasteiger partial charge is 0.457 e. The summed E-state index contributed by atoms with van der Waals surface area (Å²) in [6, 6.07) is 12.5. The Morgan fingerprint density at radius 3 is 2.45 bits per heavy atom. The zero-order chi connectivity index (χ0) is 22.4. The molecule has 0 aliphatic carbocycles. The van der Waals surface area contributed by atoms with Crippen LogP contribution in [0.4, 0.5) is 4.79 Å². The number of halogens is 2. The SMILES string of the molecule is CC1COC(Cn2cncn2)(c2ccc(Oc3ccc(Cl)cc3)cc2Cl)O1.O=C(O)O. The Kier molecular flexibility index (Phi) is 7.34. The van der Waals surface area contributed by atoms with E-state index in [-0.39, 0.29) is 6.10 Å². The lowest BCUT2D eigenvalue weighted by Crippen LogP contribution is -2.34. The van der Waals surface area contributed by atoms with Crippen molar-refractivity contribution in [3.63, 3.8) is 0 Å². The zero-order valence-electron chi connectivity index (χ0n) is 16.3. The Balaban J connectivity index is 0.000000628. The molecule has 2 atom stereocenters. The summed E-state index contributed by atoms with van der Waals surface area (Å²) >= 11 is 12.5. The lowest BCUT2D eigenvalue weighted by molar-refractivity contribution is -0.186. The van der Waals surface area contributed by atoms with E-state index in [2.05, 4.69) is 10.1 Å². The van der Waals surface area contributed by atoms with Crippen LogP contribution in [0.1, 0.15) is 12.5 Å². The molecule has 1 aliphatic rings. The van der Waals surface area contributed by atoms with Crippen molar-refractivity contribution in [2.75, 3.05) is 6.61 Å². The molecule has 4 rings (SSSR count). The molecule has 1 fully saturated rings. The van der Waals surface area contributed by atoms with Crippen LogP contribution in [0.5, 0.6) is 11.5 Å². The van der Waals surface area contributed by atoms with Gasteiger partial charge in [0.1, 0.15) is 30.7 Å². The van der Waals surface area contributed by atoms with Gasteiger partial charge < -0.3 is 24.4 Å². The Labute approximate surface area is 187 Å². The summed E-state index contributed by atoms with van der Waals surface area (Å²) in [6.45, 7) is 2.76. The summed E-state index contributed by atoms with van der Waals surface area (Å²) in [5.41, 5.74) is 0.715. The molecule has 1 aliphatic heterocycles. The van der Waals surface area contributed by atoms with Crippen molar-refractivity contribution in [1.29, 1.82) is 0 Å². The second-order valence-electron chi connectivity index (χ2n) is 6.57. The highest BCUT2D eigenvalue weighted by molar-refractivity contribution is 6.31. The van der Waals surface area contributed by atoms with Crippen LogP contribution in [0.2, 0.25) is 10.0 Å². The van der Waals surface area contributed by atoms with E-state index in [9.17, 15) is 0 Å². The number of hydrogen-bond acceptors (Lipinski definition) is 6. The molecule has 0 spiro atoms. The van der Waals surface area contributed by atoms with E-state index in [1.54, 1.807) is 41.3 Å². The molecule has 0 saturated carbocycles. The second-order valence-corrected chi connectivity index (χ2v) is 7.41. The van der Waals surface area contributed by atoms with Gasteiger partial charge in [-0.25, -0.2) is 14.5 Å². The van der Waals surface area contributed by atoms with Gasteiger partial charge >= 0.3 is 6.16 Å². The number of benzene rings is 2. The highest BCUT2D eigenvalue weighted by atomic mass is 35.5. The van der Waals surface area contributed by atoms with Crippen molar-refractivity contribution in [3.8, 4) is 11.5 Å². The average molecular weight is 468 g/mol. The van der Waals surface area contributed by atoms with Crippen LogP contribution in [-0.4, -0.2) is 43.8 Å². The maximum atomic E-state index is 8.56. The number of hydrogen-bond donors (Lipinski definition) is 2. The third-order valence-corrected chi connectivity index (χ3v) is 4.74. The second kappa shape index (κ2) is 9.97. The third kappa shape index (κ3) is 6.08. The number of aromatic nitrogens is 3. The molecule has 2 N–H and O–H groups in total. The van der Waals surface area contributed by atoms with Gasteiger partial charge in [0.25, 0.3) is 0 Å². The summed E-state index contributed by atoms with van der Waals surface area (Å²) in [7, 11) is 0. The van der Waals surface area contributed by atoms with Gasteiger partial charge in [-0.3, -0.25) is 0 Å². The largest absolute Gasteiger partial charge is 0.503 e. The van der Waals surface area contributed by atoms with Crippen LogP contribution in [0.3, 0.4) is 0 Å². The molecule has 0 amide bonds. The fourth-order valence-corrected chi connectivity index (χ4v) is 3.43. The van der Waals surface area contributed by atoms with Crippen molar-refractivity contribution in [3.05, 3.63) is 70.7 Å². The topological polar surface area (TPSA) is 116 Å². The molecule has 2 heterocycles. The first kappa shape index (κ1) is 22.8. The first-order valence-corrected chi connectivity index (χ1v) is 9.82. The van der Waals surface area contributed by atoms with Crippen LogP contribution in [0.15, 0.2) is 55.1 Å². The zero-order valence-corrected chi connectivity index (χ0v) is 17.8. The third-order valence-electron chi connectivity index (χ3n) is 4.18. The van der Waals surface area contributed by atoms with E-state index in [0.29, 0.717) is 40.3 Å². The van der Waals surface area contributed by atoms with Crippen molar-refractivity contribution in [2.45, 2.75) is 25.4 Å². The van der Waals surface area contributed by atoms with Crippen molar-refractivity contribution < 1.29 is 29.2 Å². The minimum Gasteiger partial charge on any atom is -0.457 e. The molecule has 2 aromatic carbocycles. The Morgan fingerprint density at radius 1 is 1.23 bits per heavy atom. The minimum absolute atomic E-state index is 0.0606. The molecule has 31 heavy (non-hydrogen) atoms. The summed E-state index contributed by atoms with van der Waals surface area (Å²) in [6.07, 6.45) is 1.19. The van der Waals surface area contributed by atoms with Gasteiger partial charge in [0.2, 0.25) is 5.79 Å².